The second-order valence-electron chi connectivity index (χ2n) is 17.0. The zero-order chi connectivity index (χ0) is 53.9. The minimum Gasteiger partial charge on any atom is -0.452 e. The third kappa shape index (κ3) is 12.5. The number of thiophene rings is 1. The highest BCUT2D eigenvalue weighted by molar-refractivity contribution is 7.89. The summed E-state index contributed by atoms with van der Waals surface area (Å²) in [6.45, 7) is 16.7. The first kappa shape index (κ1) is 56.5. The summed E-state index contributed by atoms with van der Waals surface area (Å²) in [6.07, 6.45) is 4.94. The second-order valence-corrected chi connectivity index (χ2v) is 26.2. The summed E-state index contributed by atoms with van der Waals surface area (Å²) in [5.74, 6) is 0. The van der Waals surface area contributed by atoms with E-state index in [1.54, 1.807) is 93.3 Å². The van der Waals surface area contributed by atoms with E-state index in [-0.39, 0.29) is 4.90 Å². The number of hydrogen-bond acceptors (Lipinski definition) is 14. The Bertz CT molecular complexity index is 3900. The van der Waals surface area contributed by atoms with E-state index in [0.29, 0.717) is 14.6 Å². The topological polar surface area (TPSA) is 124 Å². The highest BCUT2D eigenvalue weighted by Crippen LogP contribution is 2.42. The summed E-state index contributed by atoms with van der Waals surface area (Å²) < 4.78 is 36.5. The molecule has 0 atom stereocenters. The van der Waals surface area contributed by atoms with Gasteiger partial charge in [-0.25, -0.2) is 38.1 Å². The third-order valence-electron chi connectivity index (χ3n) is 11.7. The Labute approximate surface area is 479 Å². The number of aromatic nitrogens is 5. The fraction of sp³-hybridized carbons (Fsp3) is 0.182. The van der Waals surface area contributed by atoms with Gasteiger partial charge in [0.1, 0.15) is 25.6 Å². The van der Waals surface area contributed by atoms with E-state index in [2.05, 4.69) is 128 Å². The lowest BCUT2D eigenvalue weighted by molar-refractivity contribution is 0.570. The summed E-state index contributed by atoms with van der Waals surface area (Å²) in [6, 6.07) is 27.4. The molecular formula is C55H48Cl4N6O3S7. The van der Waals surface area contributed by atoms with Gasteiger partial charge in [-0.2, -0.15) is 0 Å². The van der Waals surface area contributed by atoms with Crippen molar-refractivity contribution in [2.24, 2.45) is 0 Å². The van der Waals surface area contributed by atoms with Crippen LogP contribution in [0.2, 0.25) is 14.6 Å². The predicted octanol–water partition coefficient (Wildman–Crippen LogP) is 19.2. The molecule has 0 unspecified atom stereocenters. The Morgan fingerprint density at radius 2 is 0.907 bits per heavy atom. The quantitative estimate of drug-likeness (QED) is 0.163. The summed E-state index contributed by atoms with van der Waals surface area (Å²) in [5.41, 5.74) is 16.0. The van der Waals surface area contributed by atoms with E-state index in [1.807, 2.05) is 24.6 Å². The molecule has 7 heterocycles. The van der Waals surface area contributed by atoms with Crippen LogP contribution in [0.15, 0.2) is 112 Å². The number of nitrogens with one attached hydrogen (secondary N) is 1. The molecule has 386 valence electrons. The number of nitrogens with zero attached hydrogens (tertiary/aromatic N) is 5. The largest absolute Gasteiger partial charge is 0.452 e. The Kier molecular flexibility index (Phi) is 18.4. The third-order valence-corrected chi connectivity index (χ3v) is 21.2. The molecule has 7 aromatic heterocycles. The first-order valence-electron chi connectivity index (χ1n) is 22.9. The van der Waals surface area contributed by atoms with Gasteiger partial charge in [-0.05, 0) is 137 Å². The van der Waals surface area contributed by atoms with Crippen LogP contribution in [0.4, 0.5) is 0 Å². The molecular weight excluding hydrogens is 1160 g/mol. The number of benzene rings is 5. The van der Waals surface area contributed by atoms with Crippen LogP contribution in [0, 0.1) is 55.4 Å². The molecule has 1 N–H and O–H groups in total. The minimum absolute atomic E-state index is 0.257. The minimum atomic E-state index is -3.40. The maximum absolute atomic E-state index is 11.8. The SMILES string of the molecule is CCl.CNS(=O)(=O)c1ccc(-c2nc3c(C)ccc(C)c3s2)cc1.Cc1ccc(C)c2sc(-c3cc(Cl)c(Cl)s3)nc12.Cc1ccc(C)c2sc(-c3coc(Cl)c3)nc12.Cc1ccc(C)c2sc(-c3nccs3)nc12. The lowest BCUT2D eigenvalue weighted by Gasteiger charge is -2.02. The highest BCUT2D eigenvalue weighted by atomic mass is 35.5. The molecule has 9 nitrogen and oxygen atoms in total. The highest BCUT2D eigenvalue weighted by Gasteiger charge is 2.17. The average molecular weight is 1210 g/mol. The molecule has 75 heavy (non-hydrogen) atoms. The monoisotopic (exact) mass is 1200 g/mol. The first-order chi connectivity index (χ1) is 35.9. The molecule has 0 saturated carbocycles. The van der Waals surface area contributed by atoms with Gasteiger partial charge >= 0.3 is 0 Å². The Morgan fingerprint density at radius 3 is 1.29 bits per heavy atom. The molecule has 0 aliphatic carbocycles. The van der Waals surface area contributed by atoms with Crippen LogP contribution in [0.1, 0.15) is 44.5 Å². The van der Waals surface area contributed by atoms with Gasteiger partial charge < -0.3 is 4.42 Å². The van der Waals surface area contributed by atoms with Crippen LogP contribution in [0.5, 0.6) is 0 Å². The van der Waals surface area contributed by atoms with Crippen molar-refractivity contribution in [1.29, 1.82) is 0 Å². The summed E-state index contributed by atoms with van der Waals surface area (Å²) in [4.78, 5) is 24.4. The zero-order valence-corrected chi connectivity index (χ0v) is 50.9. The Hall–Kier alpha value is -4.66. The summed E-state index contributed by atoms with van der Waals surface area (Å²) in [5, 5.41) is 7.87. The van der Waals surface area contributed by atoms with E-state index < -0.39 is 10.0 Å². The molecule has 20 heteroatoms. The lowest BCUT2D eigenvalue weighted by atomic mass is 10.1. The van der Waals surface area contributed by atoms with Crippen molar-refractivity contribution < 1.29 is 12.8 Å². The first-order valence-corrected chi connectivity index (χ1v) is 31.2. The average Bonchev–Trinajstić information content (AvgIpc) is 4.27. The van der Waals surface area contributed by atoms with Gasteiger partial charge in [0.15, 0.2) is 15.2 Å². The van der Waals surface area contributed by atoms with E-state index in [4.69, 9.17) is 49.2 Å². The molecule has 0 aliphatic heterocycles. The van der Waals surface area contributed by atoms with E-state index >= 15 is 0 Å². The molecule has 0 bridgehead atoms. The normalized spacial score (nSPS) is 11.2. The number of hydrogen-bond donors (Lipinski definition) is 1. The number of sulfonamides is 1. The zero-order valence-electron chi connectivity index (χ0n) is 42.1. The molecule has 0 fully saturated rings. The Morgan fingerprint density at radius 1 is 0.493 bits per heavy atom. The van der Waals surface area contributed by atoms with Gasteiger partial charge in [0.25, 0.3) is 0 Å². The standard InChI is InChI=1S/C16H16N2O2S2.C13H9Cl2NS2.C13H10ClNOS.C12H10N2S2.CH3Cl/c1-10-4-5-11(2)15-14(10)18-16(21-15)12-6-8-13(9-7-12)22(19,20)17-3;1-6-3-4-7(2)11-10(6)16-13(18-11)9-5-8(14)12(15)17-9;1-7-3-4-8(2)12-11(7)15-13(17-12)9-5-10(14)16-6-9;1-7-3-4-8(2)10-9(7)14-12(16-10)11-13-5-6-15-11;1-2/h4-9,17H,1-3H3;3-5H,1-2H3;3-6H,1-2H3;3-6H,1-2H3;1H3. The van der Waals surface area contributed by atoms with E-state index in [1.165, 1.54) is 82.5 Å². The number of rotatable bonds is 6. The number of furan rings is 1. The van der Waals surface area contributed by atoms with Gasteiger partial charge in [-0.15, -0.1) is 79.6 Å². The molecule has 0 saturated heterocycles. The number of fused-ring (bicyclic) bond motifs is 4. The van der Waals surface area contributed by atoms with Gasteiger partial charge in [0, 0.05) is 29.6 Å². The van der Waals surface area contributed by atoms with E-state index in [9.17, 15) is 8.42 Å². The van der Waals surface area contributed by atoms with Gasteiger partial charge in [0.2, 0.25) is 10.0 Å². The van der Waals surface area contributed by atoms with Gasteiger partial charge in [-0.1, -0.05) is 83.9 Å². The van der Waals surface area contributed by atoms with Gasteiger partial charge in [0.05, 0.1) is 61.2 Å². The van der Waals surface area contributed by atoms with Crippen molar-refractivity contribution in [3.63, 3.8) is 0 Å². The number of alkyl halides is 1. The van der Waals surface area contributed by atoms with E-state index in [0.717, 1.165) is 68.7 Å². The van der Waals surface area contributed by atoms with Crippen molar-refractivity contribution in [3.05, 3.63) is 162 Å². The van der Waals surface area contributed by atoms with Crippen molar-refractivity contribution in [2.45, 2.75) is 60.3 Å². The molecule has 0 aliphatic rings. The molecule has 0 spiro atoms. The molecule has 12 aromatic rings. The molecule has 5 aromatic carbocycles. The molecule has 0 radical (unpaired) electrons. The van der Waals surface area contributed by atoms with Gasteiger partial charge in [-0.3, -0.25) is 0 Å². The van der Waals surface area contributed by atoms with Crippen molar-refractivity contribution in [2.75, 3.05) is 13.4 Å². The predicted molar refractivity (Wildman–Crippen MR) is 327 cm³/mol. The number of aryl methyl sites for hydroxylation is 8. The van der Waals surface area contributed by atoms with Crippen molar-refractivity contribution in [1.82, 2.24) is 29.6 Å². The van der Waals surface area contributed by atoms with Crippen LogP contribution in [-0.2, 0) is 10.0 Å². The smallest absolute Gasteiger partial charge is 0.240 e. The maximum Gasteiger partial charge on any atom is 0.240 e. The van der Waals surface area contributed by atoms with Crippen LogP contribution in [0.3, 0.4) is 0 Å². The number of halogens is 4. The fourth-order valence-corrected chi connectivity index (χ4v) is 15.0. The second kappa shape index (κ2) is 24.3. The molecule has 0 amide bonds. The van der Waals surface area contributed by atoms with Crippen LogP contribution < -0.4 is 4.72 Å². The summed E-state index contributed by atoms with van der Waals surface area (Å²) in [7, 11) is -2.00. The van der Waals surface area contributed by atoms with Crippen molar-refractivity contribution in [3.8, 4) is 41.0 Å². The van der Waals surface area contributed by atoms with Crippen LogP contribution >= 0.6 is 114 Å². The summed E-state index contributed by atoms with van der Waals surface area (Å²) >= 11 is 32.3. The van der Waals surface area contributed by atoms with Crippen LogP contribution in [-0.4, -0.2) is 46.8 Å². The van der Waals surface area contributed by atoms with Crippen LogP contribution in [0.25, 0.3) is 81.9 Å². The fourth-order valence-electron chi connectivity index (χ4n) is 7.58. The maximum atomic E-state index is 11.8. The lowest BCUT2D eigenvalue weighted by Crippen LogP contribution is -2.18. The van der Waals surface area contributed by atoms with Crippen molar-refractivity contribution >= 4 is 165 Å². The number of thiazole rings is 5. The molecule has 12 rings (SSSR count). The Balaban J connectivity index is 0.000000132.